The van der Waals surface area contributed by atoms with Crippen molar-refractivity contribution in [3.8, 4) is 16.9 Å². The van der Waals surface area contributed by atoms with E-state index in [-0.39, 0.29) is 22.9 Å². The molecule has 0 aliphatic carbocycles. The number of carbonyl (C=O) groups is 1. The van der Waals surface area contributed by atoms with Gasteiger partial charge in [0, 0.05) is 24.0 Å². The molecule has 0 amide bonds. The van der Waals surface area contributed by atoms with Crippen LogP contribution in [-0.2, 0) is 0 Å². The van der Waals surface area contributed by atoms with Crippen molar-refractivity contribution in [2.45, 2.75) is 19.9 Å². The van der Waals surface area contributed by atoms with E-state index in [9.17, 15) is 19.1 Å². The second-order valence-electron chi connectivity index (χ2n) is 5.11. The Labute approximate surface area is 126 Å². The molecule has 0 radical (unpaired) electrons. The maximum Gasteiger partial charge on any atom is 0.341 e. The van der Waals surface area contributed by atoms with Crippen LogP contribution in [-0.4, -0.2) is 22.8 Å². The van der Waals surface area contributed by atoms with Crippen molar-refractivity contribution < 1.29 is 19.0 Å². The van der Waals surface area contributed by atoms with Crippen LogP contribution in [0.15, 0.2) is 35.4 Å². The van der Waals surface area contributed by atoms with Crippen LogP contribution in [0.2, 0.25) is 0 Å². The number of rotatable bonds is 4. The Morgan fingerprint density at radius 1 is 1.32 bits per heavy atom. The van der Waals surface area contributed by atoms with Crippen LogP contribution in [0.25, 0.3) is 11.1 Å². The molecule has 5 nitrogen and oxygen atoms in total. The largest absolute Gasteiger partial charge is 0.494 e. The lowest BCUT2D eigenvalue weighted by Crippen LogP contribution is -2.20. The summed E-state index contributed by atoms with van der Waals surface area (Å²) in [5, 5.41) is 9.19. The van der Waals surface area contributed by atoms with Gasteiger partial charge in [-0.3, -0.25) is 4.79 Å². The van der Waals surface area contributed by atoms with Gasteiger partial charge in [-0.1, -0.05) is 6.07 Å². The Morgan fingerprint density at radius 2 is 2.00 bits per heavy atom. The van der Waals surface area contributed by atoms with E-state index in [0.29, 0.717) is 5.56 Å². The summed E-state index contributed by atoms with van der Waals surface area (Å²) in [7, 11) is 1.32. The first-order valence-corrected chi connectivity index (χ1v) is 6.68. The highest BCUT2D eigenvalue weighted by Gasteiger charge is 2.17. The van der Waals surface area contributed by atoms with Crippen molar-refractivity contribution in [1.29, 1.82) is 0 Å². The van der Waals surface area contributed by atoms with Gasteiger partial charge in [-0.25, -0.2) is 9.18 Å². The van der Waals surface area contributed by atoms with E-state index in [1.165, 1.54) is 31.5 Å². The summed E-state index contributed by atoms with van der Waals surface area (Å²) in [4.78, 5) is 23.6. The lowest BCUT2D eigenvalue weighted by molar-refractivity contribution is 0.0694. The topological polar surface area (TPSA) is 68.5 Å². The van der Waals surface area contributed by atoms with Crippen molar-refractivity contribution in [2.24, 2.45) is 0 Å². The molecule has 0 saturated carbocycles. The summed E-state index contributed by atoms with van der Waals surface area (Å²) in [6, 6.07) is 3.95. The van der Waals surface area contributed by atoms with Crippen LogP contribution < -0.4 is 10.2 Å². The van der Waals surface area contributed by atoms with Gasteiger partial charge in [0.1, 0.15) is 5.56 Å². The second-order valence-corrected chi connectivity index (χ2v) is 5.11. The molecular weight excluding hydrogens is 289 g/mol. The molecule has 116 valence electrons. The quantitative estimate of drug-likeness (QED) is 0.943. The molecule has 0 aliphatic rings. The number of pyridine rings is 1. The number of carboxylic acid groups (broad SMARTS) is 1. The number of aromatic carboxylic acids is 1. The van der Waals surface area contributed by atoms with Gasteiger partial charge in [0.05, 0.1) is 7.11 Å². The number of aromatic nitrogens is 1. The first-order chi connectivity index (χ1) is 10.3. The zero-order valence-electron chi connectivity index (χ0n) is 12.5. The third kappa shape index (κ3) is 2.86. The Balaban J connectivity index is 2.74. The third-order valence-electron chi connectivity index (χ3n) is 3.33. The standard InChI is InChI=1S/C16H16FNO4/c1-9(2)18-7-11(15(19)12(8-18)16(20)21)10-4-5-13(17)14(6-10)22-3/h4-9H,1-3H3,(H,20,21). The minimum absolute atomic E-state index is 0.00581. The lowest BCUT2D eigenvalue weighted by Gasteiger charge is -2.14. The fraction of sp³-hybridized carbons (Fsp3) is 0.250. The van der Waals surface area contributed by atoms with E-state index >= 15 is 0 Å². The highest BCUT2D eigenvalue weighted by molar-refractivity contribution is 5.88. The molecule has 0 saturated heterocycles. The van der Waals surface area contributed by atoms with Gasteiger partial charge in [-0.15, -0.1) is 0 Å². The molecule has 0 aliphatic heterocycles. The van der Waals surface area contributed by atoms with E-state index < -0.39 is 17.2 Å². The SMILES string of the molecule is COc1cc(-c2cn(C(C)C)cc(C(=O)O)c2=O)ccc1F. The zero-order chi connectivity index (χ0) is 16.4. The van der Waals surface area contributed by atoms with Crippen LogP contribution in [0, 0.1) is 5.82 Å². The van der Waals surface area contributed by atoms with Crippen LogP contribution in [0.5, 0.6) is 5.75 Å². The molecule has 0 atom stereocenters. The minimum Gasteiger partial charge on any atom is -0.494 e. The molecule has 1 aromatic heterocycles. The average Bonchev–Trinajstić information content (AvgIpc) is 2.47. The van der Waals surface area contributed by atoms with Gasteiger partial charge < -0.3 is 14.4 Å². The highest BCUT2D eigenvalue weighted by Crippen LogP contribution is 2.25. The number of methoxy groups -OCH3 is 1. The maximum absolute atomic E-state index is 13.5. The predicted molar refractivity (Wildman–Crippen MR) is 80.0 cm³/mol. The first kappa shape index (κ1) is 15.8. The summed E-state index contributed by atoms with van der Waals surface area (Å²) >= 11 is 0. The van der Waals surface area contributed by atoms with Crippen LogP contribution in [0.3, 0.4) is 0 Å². The molecule has 2 aromatic rings. The van der Waals surface area contributed by atoms with Gasteiger partial charge in [0.15, 0.2) is 11.6 Å². The third-order valence-corrected chi connectivity index (χ3v) is 3.33. The van der Waals surface area contributed by atoms with Gasteiger partial charge in [0.2, 0.25) is 5.43 Å². The predicted octanol–water partition coefficient (Wildman–Crippen LogP) is 2.94. The number of halogens is 1. The van der Waals surface area contributed by atoms with Gasteiger partial charge in [-0.05, 0) is 31.5 Å². The highest BCUT2D eigenvalue weighted by atomic mass is 19.1. The molecule has 1 aromatic carbocycles. The molecule has 1 N–H and O–H groups in total. The minimum atomic E-state index is -1.30. The fourth-order valence-electron chi connectivity index (χ4n) is 2.08. The molecule has 0 spiro atoms. The molecule has 22 heavy (non-hydrogen) atoms. The number of ether oxygens (including phenoxy) is 1. The van der Waals surface area contributed by atoms with Crippen LogP contribution in [0.1, 0.15) is 30.2 Å². The number of nitrogens with zero attached hydrogens (tertiary/aromatic N) is 1. The molecule has 0 bridgehead atoms. The smallest absolute Gasteiger partial charge is 0.341 e. The summed E-state index contributed by atoms with van der Waals surface area (Å²) in [5.41, 5.74) is -0.347. The Kier molecular flexibility index (Phi) is 4.30. The Morgan fingerprint density at radius 3 is 2.55 bits per heavy atom. The normalized spacial score (nSPS) is 10.8. The Bertz CT molecular complexity index is 780. The number of benzene rings is 1. The zero-order valence-corrected chi connectivity index (χ0v) is 12.5. The van der Waals surface area contributed by atoms with E-state index in [4.69, 9.17) is 4.74 Å². The van der Waals surface area contributed by atoms with Crippen molar-refractivity contribution in [1.82, 2.24) is 4.57 Å². The molecule has 0 fully saturated rings. The molecule has 0 unspecified atom stereocenters. The van der Waals surface area contributed by atoms with Crippen LogP contribution in [0.4, 0.5) is 4.39 Å². The Hall–Kier alpha value is -2.63. The van der Waals surface area contributed by atoms with Crippen molar-refractivity contribution >= 4 is 5.97 Å². The number of hydrogen-bond donors (Lipinski definition) is 1. The fourth-order valence-corrected chi connectivity index (χ4v) is 2.08. The number of carboxylic acids is 1. The van der Waals surface area contributed by atoms with Crippen LogP contribution >= 0.6 is 0 Å². The van der Waals surface area contributed by atoms with E-state index in [1.54, 1.807) is 10.8 Å². The molecule has 2 rings (SSSR count). The second kappa shape index (κ2) is 6.01. The number of hydrogen-bond acceptors (Lipinski definition) is 3. The van der Waals surface area contributed by atoms with Gasteiger partial charge in [0.25, 0.3) is 0 Å². The van der Waals surface area contributed by atoms with Crippen molar-refractivity contribution in [3.63, 3.8) is 0 Å². The molecule has 1 heterocycles. The lowest BCUT2D eigenvalue weighted by atomic mass is 10.0. The van der Waals surface area contributed by atoms with Gasteiger partial charge in [-0.2, -0.15) is 0 Å². The average molecular weight is 305 g/mol. The van der Waals surface area contributed by atoms with Crippen molar-refractivity contribution in [3.05, 3.63) is 52.2 Å². The monoisotopic (exact) mass is 305 g/mol. The summed E-state index contributed by atoms with van der Waals surface area (Å²) in [5.74, 6) is -1.85. The van der Waals surface area contributed by atoms with Gasteiger partial charge >= 0.3 is 5.97 Å². The first-order valence-electron chi connectivity index (χ1n) is 6.68. The van der Waals surface area contributed by atoms with E-state index in [2.05, 4.69) is 0 Å². The maximum atomic E-state index is 13.5. The molecule has 6 heteroatoms. The van der Waals surface area contributed by atoms with E-state index in [0.717, 1.165) is 0 Å². The summed E-state index contributed by atoms with van der Waals surface area (Å²) < 4.78 is 20.0. The summed E-state index contributed by atoms with van der Waals surface area (Å²) in [6.45, 7) is 3.73. The summed E-state index contributed by atoms with van der Waals surface area (Å²) in [6.07, 6.45) is 2.87. The molecular formula is C16H16FNO4. The van der Waals surface area contributed by atoms with Crippen molar-refractivity contribution in [2.75, 3.05) is 7.11 Å². The van der Waals surface area contributed by atoms with E-state index in [1.807, 2.05) is 13.8 Å².